The Morgan fingerprint density at radius 3 is 2.68 bits per heavy atom. The van der Waals surface area contributed by atoms with Gasteiger partial charge in [0.15, 0.2) is 5.58 Å². The summed E-state index contributed by atoms with van der Waals surface area (Å²) in [6.07, 6.45) is -1.02. The molecule has 0 saturated heterocycles. The van der Waals surface area contributed by atoms with E-state index in [2.05, 4.69) is 0 Å². The van der Waals surface area contributed by atoms with Gasteiger partial charge in [-0.05, 0) is 19.1 Å². The summed E-state index contributed by atoms with van der Waals surface area (Å²) in [7, 11) is 0. The van der Waals surface area contributed by atoms with E-state index < -0.39 is 35.6 Å². The van der Waals surface area contributed by atoms with Crippen LogP contribution in [0.3, 0.4) is 0 Å². The first kappa shape index (κ1) is 16.8. The normalized spacial score (nSPS) is 12.8. The first-order valence-corrected chi connectivity index (χ1v) is 7.37. The fourth-order valence-corrected chi connectivity index (χ4v) is 2.88. The number of nitrogens with zero attached hydrogens (tertiary/aromatic N) is 1. The SMILES string of the molecule is Cc1c(N)c2c3oc(C(=O)O)c(O)c(=O)c3ccc2n1CC(O)CO. The molecule has 1 unspecified atom stereocenters. The zero-order chi connectivity index (χ0) is 18.5. The maximum absolute atomic E-state index is 12.2. The Kier molecular flexibility index (Phi) is 3.90. The highest BCUT2D eigenvalue weighted by Gasteiger charge is 2.24. The van der Waals surface area contributed by atoms with Crippen molar-refractivity contribution in [3.8, 4) is 5.75 Å². The summed E-state index contributed by atoms with van der Waals surface area (Å²) in [6, 6.07) is 2.94. The number of aliphatic hydroxyl groups excluding tert-OH is 2. The van der Waals surface area contributed by atoms with Crippen molar-refractivity contribution in [1.82, 2.24) is 4.57 Å². The first-order chi connectivity index (χ1) is 11.8. The van der Waals surface area contributed by atoms with E-state index in [1.54, 1.807) is 17.6 Å². The number of hydrogen-bond donors (Lipinski definition) is 5. The molecule has 2 heterocycles. The molecule has 0 aliphatic heterocycles. The maximum atomic E-state index is 12.2. The Bertz CT molecular complexity index is 1060. The zero-order valence-electron chi connectivity index (χ0n) is 13.2. The number of fused-ring (bicyclic) bond motifs is 3. The molecule has 1 atom stereocenters. The van der Waals surface area contributed by atoms with E-state index in [4.69, 9.17) is 20.4 Å². The van der Waals surface area contributed by atoms with Gasteiger partial charge in [0.05, 0.1) is 41.2 Å². The van der Waals surface area contributed by atoms with Crippen molar-refractivity contribution >= 4 is 33.5 Å². The highest BCUT2D eigenvalue weighted by atomic mass is 16.4. The minimum absolute atomic E-state index is 0.0124. The fraction of sp³-hybridized carbons (Fsp3) is 0.250. The van der Waals surface area contributed by atoms with E-state index in [9.17, 15) is 19.8 Å². The van der Waals surface area contributed by atoms with Gasteiger partial charge in [-0.15, -0.1) is 0 Å². The molecular weight excluding hydrogens is 332 g/mol. The summed E-state index contributed by atoms with van der Waals surface area (Å²) < 4.78 is 6.91. The number of benzene rings is 1. The van der Waals surface area contributed by atoms with Crippen LogP contribution in [-0.2, 0) is 6.54 Å². The van der Waals surface area contributed by atoms with Crippen LogP contribution in [0.1, 0.15) is 16.2 Å². The molecule has 2 aromatic heterocycles. The van der Waals surface area contributed by atoms with E-state index >= 15 is 0 Å². The molecule has 132 valence electrons. The van der Waals surface area contributed by atoms with Crippen molar-refractivity contribution in [1.29, 1.82) is 0 Å². The molecule has 0 amide bonds. The standard InChI is InChI=1S/C16H16N2O7/c1-6-11(17)10-9(18(6)4-7(20)5-19)3-2-8-12(21)13(22)15(16(23)24)25-14(8)10/h2-3,7,19-20,22H,4-5,17H2,1H3,(H,23,24). The summed E-state index contributed by atoms with van der Waals surface area (Å²) in [6.45, 7) is 1.29. The predicted octanol–water partition coefficient (Wildman–Crippen LogP) is 0.395. The average molecular weight is 348 g/mol. The lowest BCUT2D eigenvalue weighted by Gasteiger charge is -2.12. The van der Waals surface area contributed by atoms with Gasteiger partial charge in [0.1, 0.15) is 0 Å². The first-order valence-electron chi connectivity index (χ1n) is 7.37. The molecule has 0 radical (unpaired) electrons. The number of aliphatic hydroxyl groups is 2. The summed E-state index contributed by atoms with van der Waals surface area (Å²) in [4.78, 5) is 23.4. The van der Waals surface area contributed by atoms with Crippen LogP contribution in [0.15, 0.2) is 21.3 Å². The van der Waals surface area contributed by atoms with Gasteiger partial charge in [0, 0.05) is 5.69 Å². The number of aromatic hydroxyl groups is 1. The summed E-state index contributed by atoms with van der Waals surface area (Å²) >= 11 is 0. The molecule has 3 rings (SSSR count). The quantitative estimate of drug-likeness (QED) is 0.453. The lowest BCUT2D eigenvalue weighted by atomic mass is 10.1. The van der Waals surface area contributed by atoms with Crippen molar-refractivity contribution in [3.63, 3.8) is 0 Å². The Morgan fingerprint density at radius 1 is 1.40 bits per heavy atom. The molecule has 0 fully saturated rings. The minimum atomic E-state index is -1.58. The number of anilines is 1. The number of aromatic carboxylic acids is 1. The molecule has 0 saturated carbocycles. The van der Waals surface area contributed by atoms with Crippen LogP contribution in [0.5, 0.6) is 5.75 Å². The van der Waals surface area contributed by atoms with Gasteiger partial charge in [-0.1, -0.05) is 0 Å². The maximum Gasteiger partial charge on any atom is 0.375 e. The predicted molar refractivity (Wildman–Crippen MR) is 88.8 cm³/mol. The number of nitrogen functional groups attached to an aromatic ring is 1. The highest BCUT2D eigenvalue weighted by molar-refractivity contribution is 6.11. The second-order valence-electron chi connectivity index (χ2n) is 5.70. The molecule has 0 aliphatic rings. The molecule has 0 aliphatic carbocycles. The van der Waals surface area contributed by atoms with Gasteiger partial charge in [0.2, 0.25) is 11.2 Å². The third kappa shape index (κ3) is 2.41. The van der Waals surface area contributed by atoms with Gasteiger partial charge < -0.3 is 35.1 Å². The van der Waals surface area contributed by atoms with Crippen LogP contribution >= 0.6 is 0 Å². The number of carbonyl (C=O) groups is 1. The van der Waals surface area contributed by atoms with Crippen molar-refractivity contribution in [3.05, 3.63) is 33.8 Å². The Balaban J connectivity index is 2.45. The molecule has 9 nitrogen and oxygen atoms in total. The number of hydrogen-bond acceptors (Lipinski definition) is 7. The topological polar surface area (TPSA) is 159 Å². The lowest BCUT2D eigenvalue weighted by Crippen LogP contribution is -2.20. The van der Waals surface area contributed by atoms with Gasteiger partial charge >= 0.3 is 5.97 Å². The third-order valence-corrected chi connectivity index (χ3v) is 4.17. The van der Waals surface area contributed by atoms with Crippen LogP contribution < -0.4 is 11.2 Å². The molecule has 0 spiro atoms. The summed E-state index contributed by atoms with van der Waals surface area (Å²) in [5.41, 5.74) is 6.47. The minimum Gasteiger partial charge on any atom is -0.501 e. The van der Waals surface area contributed by atoms with E-state index in [-0.39, 0.29) is 23.2 Å². The van der Waals surface area contributed by atoms with E-state index in [1.165, 1.54) is 6.07 Å². The third-order valence-electron chi connectivity index (χ3n) is 4.17. The average Bonchev–Trinajstić information content (AvgIpc) is 2.82. The van der Waals surface area contributed by atoms with Crippen molar-refractivity contribution in [2.24, 2.45) is 0 Å². The monoisotopic (exact) mass is 348 g/mol. The second kappa shape index (κ2) is 5.80. The molecule has 6 N–H and O–H groups in total. The van der Waals surface area contributed by atoms with Crippen LogP contribution in [0, 0.1) is 6.92 Å². The van der Waals surface area contributed by atoms with Gasteiger partial charge in [-0.2, -0.15) is 0 Å². The molecule has 0 bridgehead atoms. The number of nitrogens with two attached hydrogens (primary N) is 1. The number of aromatic nitrogens is 1. The Hall–Kier alpha value is -3.04. The number of rotatable bonds is 4. The van der Waals surface area contributed by atoms with Crippen LogP contribution in [0.2, 0.25) is 0 Å². The van der Waals surface area contributed by atoms with E-state index in [0.29, 0.717) is 16.6 Å². The number of carboxylic acid groups (broad SMARTS) is 1. The van der Waals surface area contributed by atoms with Crippen molar-refractivity contribution in [2.75, 3.05) is 12.3 Å². The van der Waals surface area contributed by atoms with Crippen LogP contribution in [0.4, 0.5) is 5.69 Å². The van der Waals surface area contributed by atoms with Crippen molar-refractivity contribution in [2.45, 2.75) is 19.6 Å². The second-order valence-corrected chi connectivity index (χ2v) is 5.70. The molecule has 1 aromatic carbocycles. The summed E-state index contributed by atoms with van der Waals surface area (Å²) in [5.74, 6) is -3.44. The fourth-order valence-electron chi connectivity index (χ4n) is 2.88. The number of carboxylic acids is 1. The largest absolute Gasteiger partial charge is 0.501 e. The highest BCUT2D eigenvalue weighted by Crippen LogP contribution is 2.35. The van der Waals surface area contributed by atoms with Crippen LogP contribution in [0.25, 0.3) is 21.9 Å². The zero-order valence-corrected chi connectivity index (χ0v) is 13.2. The molecule has 3 aromatic rings. The van der Waals surface area contributed by atoms with Gasteiger partial charge in [-0.3, -0.25) is 4.79 Å². The van der Waals surface area contributed by atoms with E-state index in [1.807, 2.05) is 0 Å². The molecular formula is C16H16N2O7. The Labute approximate surface area is 140 Å². The lowest BCUT2D eigenvalue weighted by molar-refractivity contribution is 0.0658. The van der Waals surface area contributed by atoms with E-state index in [0.717, 1.165) is 0 Å². The Morgan fingerprint density at radius 2 is 2.08 bits per heavy atom. The molecule has 9 heteroatoms. The van der Waals surface area contributed by atoms with Gasteiger partial charge in [-0.25, -0.2) is 4.79 Å². The summed E-state index contributed by atoms with van der Waals surface area (Å²) in [5, 5.41) is 37.9. The smallest absolute Gasteiger partial charge is 0.375 e. The molecule has 25 heavy (non-hydrogen) atoms. The van der Waals surface area contributed by atoms with Gasteiger partial charge in [0.25, 0.3) is 5.76 Å². The van der Waals surface area contributed by atoms with Crippen LogP contribution in [-0.4, -0.2) is 43.7 Å². The van der Waals surface area contributed by atoms with Crippen molar-refractivity contribution < 1.29 is 29.6 Å².